The van der Waals surface area contributed by atoms with E-state index in [0.717, 1.165) is 18.8 Å². The Morgan fingerprint density at radius 2 is 2.33 bits per heavy atom. The molecular weight excluding hydrogens is 226 g/mol. The molecule has 0 saturated carbocycles. The van der Waals surface area contributed by atoms with Gasteiger partial charge in [0, 0.05) is 11.6 Å². The monoisotopic (exact) mass is 247 g/mol. The van der Waals surface area contributed by atoms with Crippen molar-refractivity contribution in [1.29, 1.82) is 0 Å². The van der Waals surface area contributed by atoms with Crippen LogP contribution in [-0.4, -0.2) is 36.9 Å². The van der Waals surface area contributed by atoms with Gasteiger partial charge in [-0.25, -0.2) is 0 Å². The van der Waals surface area contributed by atoms with Crippen LogP contribution in [0.1, 0.15) is 36.5 Å². The summed E-state index contributed by atoms with van der Waals surface area (Å²) < 4.78 is 5.73. The van der Waals surface area contributed by atoms with E-state index >= 15 is 0 Å². The third-order valence-electron chi connectivity index (χ3n) is 3.63. The Bertz CT molecular complexity index is 417. The number of benzene rings is 1. The van der Waals surface area contributed by atoms with E-state index in [2.05, 4.69) is 11.9 Å². The summed E-state index contributed by atoms with van der Waals surface area (Å²) in [6, 6.07) is 8.07. The molecule has 0 spiro atoms. The lowest BCUT2D eigenvalue weighted by molar-refractivity contribution is 0.101. The Kier molecular flexibility index (Phi) is 4.37. The lowest BCUT2D eigenvalue weighted by Crippen LogP contribution is -2.26. The predicted molar refractivity (Wildman–Crippen MR) is 72.2 cm³/mol. The van der Waals surface area contributed by atoms with E-state index in [1.54, 1.807) is 6.92 Å². The molecule has 0 bridgehead atoms. The van der Waals surface area contributed by atoms with Crippen molar-refractivity contribution in [3.05, 3.63) is 29.8 Å². The first-order valence-corrected chi connectivity index (χ1v) is 6.61. The maximum Gasteiger partial charge on any atom is 0.159 e. The van der Waals surface area contributed by atoms with Crippen molar-refractivity contribution < 1.29 is 9.53 Å². The number of ketones is 1. The maximum atomic E-state index is 11.3. The second-order valence-electron chi connectivity index (χ2n) is 5.00. The fourth-order valence-electron chi connectivity index (χ4n) is 2.46. The van der Waals surface area contributed by atoms with Crippen molar-refractivity contribution in [2.45, 2.75) is 32.2 Å². The van der Waals surface area contributed by atoms with Gasteiger partial charge in [-0.1, -0.05) is 12.1 Å². The van der Waals surface area contributed by atoms with Crippen LogP contribution in [0.4, 0.5) is 0 Å². The third-order valence-corrected chi connectivity index (χ3v) is 3.63. The van der Waals surface area contributed by atoms with Crippen molar-refractivity contribution in [3.8, 4) is 5.75 Å². The minimum absolute atomic E-state index is 0.0796. The summed E-state index contributed by atoms with van der Waals surface area (Å²) in [7, 11) is 2.17. The van der Waals surface area contributed by atoms with Gasteiger partial charge in [-0.15, -0.1) is 0 Å². The largest absolute Gasteiger partial charge is 0.494 e. The number of hydrogen-bond acceptors (Lipinski definition) is 3. The number of rotatable bonds is 5. The molecule has 1 aromatic rings. The summed E-state index contributed by atoms with van der Waals surface area (Å²) in [5.41, 5.74) is 0.713. The molecule has 18 heavy (non-hydrogen) atoms. The minimum Gasteiger partial charge on any atom is -0.494 e. The van der Waals surface area contributed by atoms with Gasteiger partial charge in [0.2, 0.25) is 0 Å². The number of carbonyl (C=O) groups excluding carboxylic acids is 1. The topological polar surface area (TPSA) is 29.5 Å². The van der Waals surface area contributed by atoms with Gasteiger partial charge >= 0.3 is 0 Å². The van der Waals surface area contributed by atoms with Crippen LogP contribution in [-0.2, 0) is 0 Å². The lowest BCUT2D eigenvalue weighted by atomic mass is 10.1. The molecular formula is C15H21NO2. The first-order valence-electron chi connectivity index (χ1n) is 6.61. The molecule has 1 atom stereocenters. The van der Waals surface area contributed by atoms with Gasteiger partial charge in [0.1, 0.15) is 5.75 Å². The molecule has 0 N–H and O–H groups in total. The zero-order valence-electron chi connectivity index (χ0n) is 11.2. The highest BCUT2D eigenvalue weighted by Gasteiger charge is 2.20. The smallest absolute Gasteiger partial charge is 0.159 e. The highest BCUT2D eigenvalue weighted by atomic mass is 16.5. The van der Waals surface area contributed by atoms with Crippen LogP contribution < -0.4 is 4.74 Å². The number of ether oxygens (including phenoxy) is 1. The van der Waals surface area contributed by atoms with Gasteiger partial charge in [-0.2, -0.15) is 0 Å². The Morgan fingerprint density at radius 1 is 1.50 bits per heavy atom. The predicted octanol–water partition coefficient (Wildman–Crippen LogP) is 2.75. The van der Waals surface area contributed by atoms with E-state index in [-0.39, 0.29) is 5.78 Å². The number of Topliss-reactive ketones (excluding diaryl/α,β-unsaturated/α-hetero) is 1. The maximum absolute atomic E-state index is 11.3. The van der Waals surface area contributed by atoms with Crippen LogP contribution in [0.25, 0.3) is 0 Å². The summed E-state index contributed by atoms with van der Waals surface area (Å²) in [4.78, 5) is 13.7. The van der Waals surface area contributed by atoms with Crippen molar-refractivity contribution in [2.24, 2.45) is 0 Å². The van der Waals surface area contributed by atoms with E-state index < -0.39 is 0 Å². The van der Waals surface area contributed by atoms with Crippen LogP contribution in [0.15, 0.2) is 24.3 Å². The summed E-state index contributed by atoms with van der Waals surface area (Å²) in [5, 5.41) is 0. The van der Waals surface area contributed by atoms with Crippen LogP contribution in [0.5, 0.6) is 5.75 Å². The quantitative estimate of drug-likeness (QED) is 0.749. The number of hydrogen-bond donors (Lipinski definition) is 0. The van der Waals surface area contributed by atoms with Gasteiger partial charge in [0.05, 0.1) is 6.61 Å². The lowest BCUT2D eigenvalue weighted by Gasteiger charge is -2.19. The highest BCUT2D eigenvalue weighted by molar-refractivity contribution is 5.94. The number of nitrogens with zero attached hydrogens (tertiary/aromatic N) is 1. The van der Waals surface area contributed by atoms with Crippen molar-refractivity contribution >= 4 is 5.78 Å². The normalized spacial score (nSPS) is 20.0. The molecule has 2 rings (SSSR count). The molecule has 0 aliphatic carbocycles. The molecule has 0 amide bonds. The zero-order chi connectivity index (χ0) is 13.0. The number of likely N-dealkylation sites (tertiary alicyclic amines) is 1. The number of carbonyl (C=O) groups is 1. The molecule has 1 saturated heterocycles. The molecule has 0 radical (unpaired) electrons. The summed E-state index contributed by atoms with van der Waals surface area (Å²) >= 11 is 0. The van der Waals surface area contributed by atoms with Crippen LogP contribution >= 0.6 is 0 Å². The Morgan fingerprint density at radius 3 is 3.00 bits per heavy atom. The van der Waals surface area contributed by atoms with E-state index in [9.17, 15) is 4.79 Å². The second kappa shape index (κ2) is 6.01. The molecule has 98 valence electrons. The van der Waals surface area contributed by atoms with Crippen LogP contribution in [0.2, 0.25) is 0 Å². The van der Waals surface area contributed by atoms with E-state index in [1.165, 1.54) is 19.4 Å². The van der Waals surface area contributed by atoms with Gasteiger partial charge in [-0.05, 0) is 51.9 Å². The molecule has 1 heterocycles. The molecule has 0 aromatic heterocycles. The molecule has 3 heteroatoms. The van der Waals surface area contributed by atoms with Gasteiger partial charge < -0.3 is 9.64 Å². The second-order valence-corrected chi connectivity index (χ2v) is 5.00. The fourth-order valence-corrected chi connectivity index (χ4v) is 2.46. The molecule has 1 aliphatic heterocycles. The Labute approximate surface area is 109 Å². The third kappa shape index (κ3) is 3.33. The van der Waals surface area contributed by atoms with Crippen LogP contribution in [0.3, 0.4) is 0 Å². The van der Waals surface area contributed by atoms with Crippen molar-refractivity contribution in [3.63, 3.8) is 0 Å². The van der Waals surface area contributed by atoms with Crippen molar-refractivity contribution in [1.82, 2.24) is 4.90 Å². The van der Waals surface area contributed by atoms with Gasteiger partial charge in [0.15, 0.2) is 5.78 Å². The van der Waals surface area contributed by atoms with Crippen LogP contribution in [0, 0.1) is 0 Å². The average Bonchev–Trinajstić information content (AvgIpc) is 2.76. The Balaban J connectivity index is 1.83. The zero-order valence-corrected chi connectivity index (χ0v) is 11.2. The fraction of sp³-hybridized carbons (Fsp3) is 0.533. The summed E-state index contributed by atoms with van der Waals surface area (Å²) in [6.07, 6.45) is 3.62. The average molecular weight is 247 g/mol. The van der Waals surface area contributed by atoms with Crippen molar-refractivity contribution in [2.75, 3.05) is 20.2 Å². The first kappa shape index (κ1) is 13.1. The molecule has 1 aliphatic rings. The molecule has 1 unspecified atom stereocenters. The van der Waals surface area contributed by atoms with E-state index in [0.29, 0.717) is 11.6 Å². The van der Waals surface area contributed by atoms with Gasteiger partial charge in [0.25, 0.3) is 0 Å². The first-order chi connectivity index (χ1) is 8.66. The SMILES string of the molecule is CC(=O)c1cccc(OCCC2CCCN2C)c1. The molecule has 1 fully saturated rings. The molecule has 3 nitrogen and oxygen atoms in total. The van der Waals surface area contributed by atoms with E-state index in [1.807, 2.05) is 24.3 Å². The molecule has 1 aromatic carbocycles. The highest BCUT2D eigenvalue weighted by Crippen LogP contribution is 2.19. The Hall–Kier alpha value is -1.35. The minimum atomic E-state index is 0.0796. The van der Waals surface area contributed by atoms with Gasteiger partial charge in [-0.3, -0.25) is 4.79 Å². The standard InChI is InChI=1S/C15H21NO2/c1-12(17)13-5-3-7-15(11-13)18-10-8-14-6-4-9-16(14)2/h3,5,7,11,14H,4,6,8-10H2,1-2H3. The summed E-state index contributed by atoms with van der Waals surface area (Å²) in [5.74, 6) is 0.874. The van der Waals surface area contributed by atoms with E-state index in [4.69, 9.17) is 4.74 Å². The summed E-state index contributed by atoms with van der Waals surface area (Å²) in [6.45, 7) is 3.49.